The molecule has 22 heavy (non-hydrogen) atoms. The highest BCUT2D eigenvalue weighted by atomic mass is 32.2. The predicted octanol–water partition coefficient (Wildman–Crippen LogP) is 0.700. The fourth-order valence-electron chi connectivity index (χ4n) is 3.11. The molecule has 0 spiro atoms. The monoisotopic (exact) mass is 324 g/mol. The summed E-state index contributed by atoms with van der Waals surface area (Å²) in [7, 11) is -3.24. The van der Waals surface area contributed by atoms with Gasteiger partial charge in [0, 0.05) is 25.3 Å². The second-order valence-corrected chi connectivity index (χ2v) is 7.73. The number of anilines is 1. The lowest BCUT2D eigenvalue weighted by Gasteiger charge is -2.35. The number of para-hydroxylation sites is 1. The third kappa shape index (κ3) is 3.02. The van der Waals surface area contributed by atoms with Gasteiger partial charge in [-0.15, -0.1) is 0 Å². The van der Waals surface area contributed by atoms with E-state index in [1.165, 1.54) is 10.6 Å². The smallest absolute Gasteiger partial charge is 0.232 e. The summed E-state index contributed by atoms with van der Waals surface area (Å²) >= 11 is 0. The Bertz CT molecular complexity index is 647. The van der Waals surface area contributed by atoms with Crippen LogP contribution in [0.15, 0.2) is 30.3 Å². The molecule has 2 aliphatic rings. The van der Waals surface area contributed by atoms with E-state index in [0.717, 1.165) is 5.69 Å². The number of carbonyl (C=O) groups is 1. The number of fused-ring (bicyclic) bond motifs is 1. The number of hydrogen-bond acceptors (Lipinski definition) is 4. The first-order valence-corrected chi connectivity index (χ1v) is 9.25. The van der Waals surface area contributed by atoms with Crippen molar-refractivity contribution >= 4 is 21.6 Å². The fourth-order valence-corrected chi connectivity index (χ4v) is 3.97. The van der Waals surface area contributed by atoms with Gasteiger partial charge in [-0.3, -0.25) is 4.79 Å². The van der Waals surface area contributed by atoms with E-state index >= 15 is 0 Å². The molecule has 2 saturated heterocycles. The molecule has 0 N–H and O–H groups in total. The van der Waals surface area contributed by atoms with Gasteiger partial charge in [0.1, 0.15) is 0 Å². The number of benzene rings is 1. The molecular formula is C15H20N2O4S. The average molecular weight is 324 g/mol. The van der Waals surface area contributed by atoms with E-state index in [-0.39, 0.29) is 24.5 Å². The number of carbonyl (C=O) groups excluding carboxylic acids is 1. The summed E-state index contributed by atoms with van der Waals surface area (Å²) in [6, 6.07) is 9.53. The number of nitrogens with zero attached hydrogens (tertiary/aromatic N) is 2. The zero-order valence-electron chi connectivity index (χ0n) is 12.5. The molecule has 120 valence electrons. The molecule has 2 aliphatic heterocycles. The number of hydrogen-bond donors (Lipinski definition) is 0. The van der Waals surface area contributed by atoms with E-state index in [4.69, 9.17) is 4.74 Å². The van der Waals surface area contributed by atoms with Gasteiger partial charge in [0.2, 0.25) is 15.9 Å². The van der Waals surface area contributed by atoms with Crippen LogP contribution in [0.5, 0.6) is 0 Å². The SMILES string of the molecule is CS(=O)(=O)N1CC[C@H]2C(=O)N(c3ccccc3)CCO[C@H]2C1. The Morgan fingerprint density at radius 1 is 1.18 bits per heavy atom. The van der Waals surface area contributed by atoms with Crippen LogP contribution in [0.1, 0.15) is 6.42 Å². The summed E-state index contributed by atoms with van der Waals surface area (Å²) < 4.78 is 30.6. The summed E-state index contributed by atoms with van der Waals surface area (Å²) in [5.41, 5.74) is 0.863. The number of ether oxygens (including phenoxy) is 1. The van der Waals surface area contributed by atoms with E-state index in [1.54, 1.807) is 4.90 Å². The fraction of sp³-hybridized carbons (Fsp3) is 0.533. The van der Waals surface area contributed by atoms with Crippen LogP contribution in [0.4, 0.5) is 5.69 Å². The molecule has 0 bridgehead atoms. The van der Waals surface area contributed by atoms with Gasteiger partial charge in [0.15, 0.2) is 0 Å². The largest absolute Gasteiger partial charge is 0.374 e. The molecule has 0 saturated carbocycles. The number of piperidine rings is 1. The number of rotatable bonds is 2. The molecule has 6 nitrogen and oxygen atoms in total. The molecule has 2 fully saturated rings. The zero-order chi connectivity index (χ0) is 15.7. The Morgan fingerprint density at radius 3 is 2.59 bits per heavy atom. The lowest BCUT2D eigenvalue weighted by Crippen LogP contribution is -2.50. The molecule has 0 aliphatic carbocycles. The number of sulfonamides is 1. The Labute approximate surface area is 130 Å². The Hall–Kier alpha value is -1.44. The Kier molecular flexibility index (Phi) is 4.20. The van der Waals surface area contributed by atoms with Crippen LogP contribution in [0, 0.1) is 5.92 Å². The molecule has 7 heteroatoms. The van der Waals surface area contributed by atoms with Crippen molar-refractivity contribution in [1.82, 2.24) is 4.31 Å². The van der Waals surface area contributed by atoms with Gasteiger partial charge in [-0.1, -0.05) is 18.2 Å². The van der Waals surface area contributed by atoms with Gasteiger partial charge < -0.3 is 9.64 Å². The highest BCUT2D eigenvalue weighted by molar-refractivity contribution is 7.88. The van der Waals surface area contributed by atoms with Crippen molar-refractivity contribution in [2.75, 3.05) is 37.4 Å². The molecule has 0 radical (unpaired) electrons. The quantitative estimate of drug-likeness (QED) is 0.803. The first kappa shape index (κ1) is 15.5. The van der Waals surface area contributed by atoms with Gasteiger partial charge in [0.25, 0.3) is 0 Å². The highest BCUT2D eigenvalue weighted by Crippen LogP contribution is 2.28. The van der Waals surface area contributed by atoms with Crippen molar-refractivity contribution < 1.29 is 17.9 Å². The van der Waals surface area contributed by atoms with Crippen molar-refractivity contribution in [2.45, 2.75) is 12.5 Å². The van der Waals surface area contributed by atoms with E-state index in [0.29, 0.717) is 26.1 Å². The van der Waals surface area contributed by atoms with Crippen LogP contribution in [0.3, 0.4) is 0 Å². The lowest BCUT2D eigenvalue weighted by atomic mass is 9.93. The van der Waals surface area contributed by atoms with Crippen molar-refractivity contribution in [3.8, 4) is 0 Å². The van der Waals surface area contributed by atoms with Crippen molar-refractivity contribution in [3.63, 3.8) is 0 Å². The first-order valence-electron chi connectivity index (χ1n) is 7.40. The van der Waals surface area contributed by atoms with Crippen LogP contribution in [0.2, 0.25) is 0 Å². The van der Waals surface area contributed by atoms with Gasteiger partial charge in [0.05, 0.1) is 24.9 Å². The first-order chi connectivity index (χ1) is 10.5. The van der Waals surface area contributed by atoms with E-state index in [9.17, 15) is 13.2 Å². The van der Waals surface area contributed by atoms with E-state index in [2.05, 4.69) is 0 Å². The molecule has 3 rings (SSSR count). The molecular weight excluding hydrogens is 304 g/mol. The summed E-state index contributed by atoms with van der Waals surface area (Å²) in [6.07, 6.45) is 1.34. The third-order valence-electron chi connectivity index (χ3n) is 4.29. The lowest BCUT2D eigenvalue weighted by molar-refractivity contribution is -0.127. The molecule has 1 aromatic rings. The molecule has 2 heterocycles. The van der Waals surface area contributed by atoms with E-state index < -0.39 is 10.0 Å². The van der Waals surface area contributed by atoms with E-state index in [1.807, 2.05) is 30.3 Å². The summed E-state index contributed by atoms with van der Waals surface area (Å²) in [5, 5.41) is 0. The van der Waals surface area contributed by atoms with Gasteiger partial charge >= 0.3 is 0 Å². The second-order valence-electron chi connectivity index (χ2n) is 5.75. The minimum Gasteiger partial charge on any atom is -0.374 e. The maximum atomic E-state index is 12.8. The molecule has 1 amide bonds. The molecule has 1 aromatic carbocycles. The van der Waals surface area contributed by atoms with Crippen molar-refractivity contribution in [3.05, 3.63) is 30.3 Å². The molecule has 2 atom stereocenters. The third-order valence-corrected chi connectivity index (χ3v) is 5.56. The minimum atomic E-state index is -3.24. The zero-order valence-corrected chi connectivity index (χ0v) is 13.3. The average Bonchev–Trinajstić information content (AvgIpc) is 2.66. The summed E-state index contributed by atoms with van der Waals surface area (Å²) in [4.78, 5) is 14.6. The van der Waals surface area contributed by atoms with Gasteiger partial charge in [-0.2, -0.15) is 4.31 Å². The van der Waals surface area contributed by atoms with Crippen LogP contribution in [-0.4, -0.2) is 57.2 Å². The van der Waals surface area contributed by atoms with Gasteiger partial charge in [-0.25, -0.2) is 8.42 Å². The second kappa shape index (κ2) is 5.98. The predicted molar refractivity (Wildman–Crippen MR) is 83.1 cm³/mol. The van der Waals surface area contributed by atoms with Crippen LogP contribution < -0.4 is 4.90 Å². The van der Waals surface area contributed by atoms with Crippen molar-refractivity contribution in [1.29, 1.82) is 0 Å². The Balaban J connectivity index is 1.81. The van der Waals surface area contributed by atoms with Crippen LogP contribution >= 0.6 is 0 Å². The topological polar surface area (TPSA) is 66.9 Å². The standard InChI is InChI=1S/C15H20N2O4S/c1-22(19,20)16-8-7-13-14(11-16)21-10-9-17(15(13)18)12-5-3-2-4-6-12/h2-6,13-14H,7-11H2,1H3/t13-,14+/m1/s1. The van der Waals surface area contributed by atoms with Crippen LogP contribution in [0.25, 0.3) is 0 Å². The number of amides is 1. The highest BCUT2D eigenvalue weighted by Gasteiger charge is 2.41. The maximum absolute atomic E-state index is 12.8. The summed E-state index contributed by atoms with van der Waals surface area (Å²) in [6.45, 7) is 1.55. The Morgan fingerprint density at radius 2 is 1.91 bits per heavy atom. The minimum absolute atomic E-state index is 0.0295. The molecule has 0 aromatic heterocycles. The van der Waals surface area contributed by atoms with Gasteiger partial charge in [-0.05, 0) is 18.6 Å². The normalized spacial score (nSPS) is 27.3. The summed E-state index contributed by atoms with van der Waals surface area (Å²) in [5.74, 6) is -0.248. The van der Waals surface area contributed by atoms with Crippen molar-refractivity contribution in [2.24, 2.45) is 5.92 Å². The molecule has 0 unspecified atom stereocenters. The van der Waals surface area contributed by atoms with Crippen LogP contribution in [-0.2, 0) is 19.6 Å². The maximum Gasteiger partial charge on any atom is 0.232 e.